The number of hydrogen-bond donors (Lipinski definition) is 1. The van der Waals surface area contributed by atoms with Crippen LogP contribution in [0.3, 0.4) is 0 Å². The fourth-order valence-corrected chi connectivity index (χ4v) is 5.42. The minimum absolute atomic E-state index is 0.0602. The number of benzene rings is 1. The molecule has 1 saturated carbocycles. The minimum Gasteiger partial charge on any atom is -0.388 e. The number of fused-ring (bicyclic) bond motifs is 1. The average molecular weight is 307 g/mol. The quantitative estimate of drug-likeness (QED) is 0.685. The first-order valence-electron chi connectivity index (χ1n) is 7.34. The topological polar surface area (TPSA) is 57.4 Å². The summed E-state index contributed by atoms with van der Waals surface area (Å²) in [6.45, 7) is 5.61. The van der Waals surface area contributed by atoms with Crippen molar-refractivity contribution in [3.63, 3.8) is 0 Å². The van der Waals surface area contributed by atoms with Gasteiger partial charge in [-0.2, -0.15) is 4.31 Å². The van der Waals surface area contributed by atoms with Crippen LogP contribution in [0.4, 0.5) is 0 Å². The highest BCUT2D eigenvalue weighted by atomic mass is 32.2. The fourth-order valence-electron chi connectivity index (χ4n) is 3.54. The third-order valence-corrected chi connectivity index (χ3v) is 6.55. The maximum absolute atomic E-state index is 12.8. The predicted octanol–water partition coefficient (Wildman–Crippen LogP) is 2.23. The Morgan fingerprint density at radius 1 is 1.43 bits per heavy atom. The second kappa shape index (κ2) is 4.93. The molecule has 1 aliphatic heterocycles. The molecule has 1 heterocycles. The number of rotatable bonds is 4. The summed E-state index contributed by atoms with van der Waals surface area (Å²) >= 11 is 0. The molecule has 114 valence electrons. The van der Waals surface area contributed by atoms with Gasteiger partial charge in [-0.3, -0.25) is 0 Å². The molecule has 0 amide bonds. The van der Waals surface area contributed by atoms with Gasteiger partial charge in [-0.25, -0.2) is 8.42 Å². The predicted molar refractivity (Wildman–Crippen MR) is 81.4 cm³/mol. The first kappa shape index (κ1) is 14.8. The molecule has 2 aliphatic rings. The van der Waals surface area contributed by atoms with E-state index in [0.717, 1.165) is 18.4 Å². The van der Waals surface area contributed by atoms with Crippen molar-refractivity contribution in [2.45, 2.75) is 55.2 Å². The Morgan fingerprint density at radius 3 is 2.71 bits per heavy atom. The van der Waals surface area contributed by atoms with Crippen LogP contribution in [0.5, 0.6) is 0 Å². The van der Waals surface area contributed by atoms with Gasteiger partial charge < -0.3 is 5.11 Å². The molecule has 21 heavy (non-hydrogen) atoms. The molecule has 4 nitrogen and oxygen atoms in total. The Balaban J connectivity index is 1.91. The molecule has 0 bridgehead atoms. The van der Waals surface area contributed by atoms with Crippen molar-refractivity contribution in [1.82, 2.24) is 4.31 Å². The maximum atomic E-state index is 12.8. The van der Waals surface area contributed by atoms with E-state index in [4.69, 9.17) is 0 Å². The lowest BCUT2D eigenvalue weighted by Crippen LogP contribution is -2.40. The van der Waals surface area contributed by atoms with Crippen molar-refractivity contribution in [1.29, 1.82) is 0 Å². The molecule has 1 aliphatic carbocycles. The highest BCUT2D eigenvalue weighted by molar-refractivity contribution is 7.89. The SMILES string of the molecule is C=CC[C@]1(O)CCC[C@H]2[C@@H]1N2S(=O)(=O)c1ccc(C)cc1. The molecule has 0 aromatic heterocycles. The Morgan fingerprint density at radius 2 is 2.10 bits per heavy atom. The van der Waals surface area contributed by atoms with Gasteiger partial charge in [0.1, 0.15) is 0 Å². The number of nitrogens with zero attached hydrogens (tertiary/aromatic N) is 1. The molecule has 3 rings (SSSR count). The van der Waals surface area contributed by atoms with E-state index in [-0.39, 0.29) is 12.1 Å². The van der Waals surface area contributed by atoms with Gasteiger partial charge in [-0.05, 0) is 44.7 Å². The molecule has 1 unspecified atom stereocenters. The smallest absolute Gasteiger partial charge is 0.243 e. The highest BCUT2D eigenvalue weighted by Crippen LogP contribution is 2.50. The van der Waals surface area contributed by atoms with Gasteiger partial charge >= 0.3 is 0 Å². The summed E-state index contributed by atoms with van der Waals surface area (Å²) in [5.74, 6) is 0. The highest BCUT2D eigenvalue weighted by Gasteiger charge is 2.65. The molecular formula is C16H21NO3S. The monoisotopic (exact) mass is 307 g/mol. The van der Waals surface area contributed by atoms with Crippen LogP contribution in [-0.2, 0) is 10.0 Å². The largest absolute Gasteiger partial charge is 0.388 e. The van der Waals surface area contributed by atoms with E-state index in [0.29, 0.717) is 17.7 Å². The molecule has 4 atom stereocenters. The number of aryl methyl sites for hydroxylation is 1. The van der Waals surface area contributed by atoms with Crippen molar-refractivity contribution >= 4 is 10.0 Å². The van der Waals surface area contributed by atoms with Crippen molar-refractivity contribution in [2.24, 2.45) is 0 Å². The summed E-state index contributed by atoms with van der Waals surface area (Å²) < 4.78 is 27.0. The van der Waals surface area contributed by atoms with Gasteiger partial charge in [-0.1, -0.05) is 23.8 Å². The van der Waals surface area contributed by atoms with Gasteiger partial charge in [0.2, 0.25) is 10.0 Å². The zero-order valence-electron chi connectivity index (χ0n) is 12.2. The molecular weight excluding hydrogens is 286 g/mol. The van der Waals surface area contributed by atoms with Gasteiger partial charge in [0.05, 0.1) is 16.5 Å². The summed E-state index contributed by atoms with van der Waals surface area (Å²) in [6.07, 6.45) is 4.44. The zero-order chi connectivity index (χ0) is 15.3. The Kier molecular flexibility index (Phi) is 3.47. The third kappa shape index (κ3) is 2.33. The Labute approximate surface area is 126 Å². The van der Waals surface area contributed by atoms with Crippen LogP contribution in [0.25, 0.3) is 0 Å². The first-order chi connectivity index (χ1) is 9.90. The van der Waals surface area contributed by atoms with Crippen molar-refractivity contribution in [3.8, 4) is 0 Å². The molecule has 1 aromatic rings. The number of hydrogen-bond acceptors (Lipinski definition) is 3. The Hall–Kier alpha value is -1.17. The summed E-state index contributed by atoms with van der Waals surface area (Å²) in [5.41, 5.74) is 0.0722. The summed E-state index contributed by atoms with van der Waals surface area (Å²) in [7, 11) is -3.52. The third-order valence-electron chi connectivity index (χ3n) is 4.63. The van der Waals surface area contributed by atoms with Crippen LogP contribution in [0.1, 0.15) is 31.2 Å². The lowest BCUT2D eigenvalue weighted by atomic mass is 9.82. The normalized spacial score (nSPS) is 35.0. The minimum atomic E-state index is -3.52. The maximum Gasteiger partial charge on any atom is 0.243 e. The van der Waals surface area contributed by atoms with E-state index < -0.39 is 15.6 Å². The van der Waals surface area contributed by atoms with E-state index in [1.807, 2.05) is 6.92 Å². The molecule has 5 heteroatoms. The first-order valence-corrected chi connectivity index (χ1v) is 8.78. The van der Waals surface area contributed by atoms with Gasteiger partial charge in [0.25, 0.3) is 0 Å². The van der Waals surface area contributed by atoms with E-state index in [9.17, 15) is 13.5 Å². The van der Waals surface area contributed by atoms with E-state index >= 15 is 0 Å². The van der Waals surface area contributed by atoms with E-state index in [1.165, 1.54) is 4.31 Å². The second-order valence-electron chi connectivity index (χ2n) is 6.15. The van der Waals surface area contributed by atoms with Crippen LogP contribution in [0, 0.1) is 6.92 Å². The number of aliphatic hydroxyl groups is 1. The van der Waals surface area contributed by atoms with E-state index in [2.05, 4.69) is 6.58 Å². The average Bonchev–Trinajstić information content (AvgIpc) is 3.16. The van der Waals surface area contributed by atoms with Crippen LogP contribution in [0.2, 0.25) is 0 Å². The molecule has 1 N–H and O–H groups in total. The van der Waals surface area contributed by atoms with Crippen LogP contribution in [0.15, 0.2) is 41.8 Å². The van der Waals surface area contributed by atoms with Crippen LogP contribution < -0.4 is 0 Å². The zero-order valence-corrected chi connectivity index (χ0v) is 13.0. The van der Waals surface area contributed by atoms with Crippen LogP contribution >= 0.6 is 0 Å². The van der Waals surface area contributed by atoms with E-state index in [1.54, 1.807) is 30.3 Å². The Bertz CT molecular complexity index is 653. The van der Waals surface area contributed by atoms with Gasteiger partial charge in [-0.15, -0.1) is 6.58 Å². The fraction of sp³-hybridized carbons (Fsp3) is 0.500. The summed E-state index contributed by atoms with van der Waals surface area (Å²) in [5, 5.41) is 10.7. The van der Waals surface area contributed by atoms with Crippen LogP contribution in [-0.4, -0.2) is 35.5 Å². The number of sulfonamides is 1. The van der Waals surface area contributed by atoms with Gasteiger partial charge in [0.15, 0.2) is 0 Å². The van der Waals surface area contributed by atoms with Crippen molar-refractivity contribution in [3.05, 3.63) is 42.5 Å². The molecule has 1 aromatic carbocycles. The molecule has 1 saturated heterocycles. The molecule has 2 fully saturated rings. The van der Waals surface area contributed by atoms with Crippen molar-refractivity contribution in [2.75, 3.05) is 0 Å². The summed E-state index contributed by atoms with van der Waals surface area (Å²) in [4.78, 5) is 0.309. The lowest BCUT2D eigenvalue weighted by molar-refractivity contribution is 0.0159. The van der Waals surface area contributed by atoms with Crippen molar-refractivity contribution < 1.29 is 13.5 Å². The summed E-state index contributed by atoms with van der Waals surface area (Å²) in [6, 6.07) is 6.53. The standard InChI is InChI=1S/C16H21NO3S/c1-3-10-16(18)11-4-5-14-15(16)17(14)21(19,20)13-8-6-12(2)7-9-13/h3,6-9,14-15,18H,1,4-5,10-11H2,2H3/t14-,15-,16-,17?/m0/s1. The molecule has 0 spiro atoms. The van der Waals surface area contributed by atoms with Gasteiger partial charge in [0, 0.05) is 6.04 Å². The lowest BCUT2D eigenvalue weighted by Gasteiger charge is -2.29. The molecule has 0 radical (unpaired) electrons. The second-order valence-corrected chi connectivity index (χ2v) is 7.99.